The number of carbonyl (C=O) groups excluding carboxylic acids is 1. The summed E-state index contributed by atoms with van der Waals surface area (Å²) in [5.74, 6) is 1.29. The Morgan fingerprint density at radius 2 is 2.12 bits per heavy atom. The van der Waals surface area contributed by atoms with Crippen LogP contribution in [0.2, 0.25) is 0 Å². The number of aromatic nitrogens is 2. The summed E-state index contributed by atoms with van der Waals surface area (Å²) in [7, 11) is 0. The van der Waals surface area contributed by atoms with Crippen LogP contribution in [0.3, 0.4) is 0 Å². The van der Waals surface area contributed by atoms with Crippen molar-refractivity contribution in [3.05, 3.63) is 36.2 Å². The summed E-state index contributed by atoms with van der Waals surface area (Å²) in [6.07, 6.45) is 7.42. The minimum Gasteiger partial charge on any atom is -0.328 e. The van der Waals surface area contributed by atoms with Gasteiger partial charge < -0.3 is 15.2 Å². The van der Waals surface area contributed by atoms with E-state index in [1.54, 1.807) is 0 Å². The first-order valence-corrected chi connectivity index (χ1v) is 9.40. The molecule has 1 amide bonds. The van der Waals surface area contributed by atoms with Gasteiger partial charge >= 0.3 is 0 Å². The third-order valence-corrected chi connectivity index (χ3v) is 5.41. The van der Waals surface area contributed by atoms with Crippen LogP contribution >= 0.6 is 0 Å². The molecule has 0 radical (unpaired) electrons. The van der Waals surface area contributed by atoms with Gasteiger partial charge in [-0.15, -0.1) is 0 Å². The number of fused-ring (bicyclic) bond motifs is 1. The highest BCUT2D eigenvalue weighted by Gasteiger charge is 2.24. The van der Waals surface area contributed by atoms with E-state index in [-0.39, 0.29) is 11.8 Å². The molecule has 3 heterocycles. The molecule has 2 aromatic rings. The molecule has 1 saturated heterocycles. The summed E-state index contributed by atoms with van der Waals surface area (Å²) in [6, 6.07) is 8.51. The molecule has 0 saturated carbocycles. The van der Waals surface area contributed by atoms with Gasteiger partial charge in [-0.3, -0.25) is 4.79 Å². The quantitative estimate of drug-likeness (QED) is 0.903. The van der Waals surface area contributed by atoms with Gasteiger partial charge in [0.1, 0.15) is 5.82 Å². The maximum absolute atomic E-state index is 12.5. The minimum atomic E-state index is 0.107. The largest absolute Gasteiger partial charge is 0.328 e. The SMILES string of the molecule is C[C@H]1C[C@@H](C(=O)Nc2ccc(-c3ncc4n3CCCC4)cc2)CCN1. The number of hydrogen-bond acceptors (Lipinski definition) is 3. The minimum absolute atomic E-state index is 0.107. The van der Waals surface area contributed by atoms with Crippen LogP contribution in [0.5, 0.6) is 0 Å². The first-order valence-electron chi connectivity index (χ1n) is 9.40. The molecule has 0 bridgehead atoms. The fraction of sp³-hybridized carbons (Fsp3) is 0.500. The molecule has 0 unspecified atom stereocenters. The van der Waals surface area contributed by atoms with Crippen molar-refractivity contribution < 1.29 is 4.79 Å². The number of anilines is 1. The van der Waals surface area contributed by atoms with Crippen molar-refractivity contribution in [2.24, 2.45) is 5.92 Å². The van der Waals surface area contributed by atoms with Crippen molar-refractivity contribution in [3.8, 4) is 11.4 Å². The van der Waals surface area contributed by atoms with Gasteiger partial charge in [0.2, 0.25) is 5.91 Å². The molecular weight excluding hydrogens is 312 g/mol. The maximum Gasteiger partial charge on any atom is 0.227 e. The molecule has 25 heavy (non-hydrogen) atoms. The summed E-state index contributed by atoms with van der Waals surface area (Å²) < 4.78 is 2.33. The van der Waals surface area contributed by atoms with Crippen LogP contribution in [-0.4, -0.2) is 28.0 Å². The zero-order valence-corrected chi connectivity index (χ0v) is 14.8. The Morgan fingerprint density at radius 1 is 1.28 bits per heavy atom. The van der Waals surface area contributed by atoms with E-state index in [0.29, 0.717) is 6.04 Å². The first-order chi connectivity index (χ1) is 12.2. The molecule has 5 nitrogen and oxygen atoms in total. The standard InChI is InChI=1S/C20H26N4O/c1-14-12-16(9-10-21-14)20(25)23-17-7-5-15(6-8-17)19-22-13-18-4-2-3-11-24(18)19/h5-8,13-14,16,21H,2-4,9-12H2,1H3,(H,23,25)/t14-,16-/m0/s1. The van der Waals surface area contributed by atoms with Gasteiger partial charge in [0, 0.05) is 41.6 Å². The number of hydrogen-bond donors (Lipinski definition) is 2. The molecule has 2 aliphatic rings. The van der Waals surface area contributed by atoms with Crippen molar-refractivity contribution in [2.45, 2.75) is 51.6 Å². The van der Waals surface area contributed by atoms with Crippen LogP contribution in [0.1, 0.15) is 38.3 Å². The average molecular weight is 338 g/mol. The number of aryl methyl sites for hydroxylation is 1. The number of benzene rings is 1. The van der Waals surface area contributed by atoms with Gasteiger partial charge in [-0.25, -0.2) is 4.98 Å². The molecule has 0 aliphatic carbocycles. The zero-order valence-electron chi connectivity index (χ0n) is 14.8. The van der Waals surface area contributed by atoms with Crippen molar-refractivity contribution in [2.75, 3.05) is 11.9 Å². The van der Waals surface area contributed by atoms with Crippen LogP contribution in [-0.2, 0) is 17.8 Å². The van der Waals surface area contributed by atoms with E-state index in [1.807, 2.05) is 18.3 Å². The zero-order chi connectivity index (χ0) is 17.2. The first kappa shape index (κ1) is 16.3. The van der Waals surface area contributed by atoms with Crippen LogP contribution in [0.15, 0.2) is 30.5 Å². The van der Waals surface area contributed by atoms with Crippen molar-refractivity contribution in [1.29, 1.82) is 0 Å². The molecule has 4 rings (SSSR count). The number of carbonyl (C=O) groups is 1. The Balaban J connectivity index is 1.45. The van der Waals surface area contributed by atoms with E-state index in [9.17, 15) is 4.79 Å². The Labute approximate surface area is 148 Å². The lowest BCUT2D eigenvalue weighted by molar-refractivity contribution is -0.120. The number of nitrogens with one attached hydrogen (secondary N) is 2. The topological polar surface area (TPSA) is 59.0 Å². The predicted octanol–water partition coefficient (Wildman–Crippen LogP) is 3.21. The van der Waals surface area contributed by atoms with E-state index < -0.39 is 0 Å². The fourth-order valence-electron chi connectivity index (χ4n) is 3.98. The highest BCUT2D eigenvalue weighted by atomic mass is 16.1. The Bertz CT molecular complexity index is 750. The second-order valence-corrected chi connectivity index (χ2v) is 7.32. The van der Waals surface area contributed by atoms with E-state index in [2.05, 4.69) is 39.2 Å². The van der Waals surface area contributed by atoms with Crippen molar-refractivity contribution >= 4 is 11.6 Å². The maximum atomic E-state index is 12.5. The monoisotopic (exact) mass is 338 g/mol. The molecule has 2 aliphatic heterocycles. The predicted molar refractivity (Wildman–Crippen MR) is 99.4 cm³/mol. The lowest BCUT2D eigenvalue weighted by Crippen LogP contribution is -2.40. The van der Waals surface area contributed by atoms with E-state index in [1.165, 1.54) is 18.5 Å². The Morgan fingerprint density at radius 3 is 2.92 bits per heavy atom. The van der Waals surface area contributed by atoms with Crippen LogP contribution in [0, 0.1) is 5.92 Å². The number of rotatable bonds is 3. The molecule has 132 valence electrons. The van der Waals surface area contributed by atoms with Gasteiger partial charge in [-0.1, -0.05) is 0 Å². The fourth-order valence-corrected chi connectivity index (χ4v) is 3.98. The second-order valence-electron chi connectivity index (χ2n) is 7.32. The number of piperidine rings is 1. The van der Waals surface area contributed by atoms with Gasteiger partial charge in [-0.05, 0) is 69.8 Å². The summed E-state index contributed by atoms with van der Waals surface area (Å²) in [4.78, 5) is 17.1. The third-order valence-electron chi connectivity index (χ3n) is 5.41. The summed E-state index contributed by atoms with van der Waals surface area (Å²) in [5.41, 5.74) is 3.31. The lowest BCUT2D eigenvalue weighted by Gasteiger charge is -2.27. The highest BCUT2D eigenvalue weighted by Crippen LogP contribution is 2.26. The molecule has 2 N–H and O–H groups in total. The van der Waals surface area contributed by atoms with Gasteiger partial charge in [0.05, 0.1) is 0 Å². The Kier molecular flexibility index (Phi) is 4.57. The van der Waals surface area contributed by atoms with Crippen molar-refractivity contribution in [1.82, 2.24) is 14.9 Å². The van der Waals surface area contributed by atoms with Gasteiger partial charge in [0.25, 0.3) is 0 Å². The summed E-state index contributed by atoms with van der Waals surface area (Å²) >= 11 is 0. The van der Waals surface area contributed by atoms with Gasteiger partial charge in [-0.2, -0.15) is 0 Å². The molecular formula is C20H26N4O. The molecule has 2 atom stereocenters. The van der Waals surface area contributed by atoms with Crippen LogP contribution < -0.4 is 10.6 Å². The summed E-state index contributed by atoms with van der Waals surface area (Å²) in [5, 5.41) is 6.46. The van der Waals surface area contributed by atoms with Crippen LogP contribution in [0.25, 0.3) is 11.4 Å². The van der Waals surface area contributed by atoms with Gasteiger partial charge in [0.15, 0.2) is 0 Å². The smallest absolute Gasteiger partial charge is 0.227 e. The Hall–Kier alpha value is -2.14. The lowest BCUT2D eigenvalue weighted by atomic mass is 9.92. The summed E-state index contributed by atoms with van der Waals surface area (Å²) in [6.45, 7) is 4.11. The van der Waals surface area contributed by atoms with E-state index in [0.717, 1.165) is 49.4 Å². The number of nitrogens with zero attached hydrogens (tertiary/aromatic N) is 2. The van der Waals surface area contributed by atoms with Crippen LogP contribution in [0.4, 0.5) is 5.69 Å². The van der Waals surface area contributed by atoms with Crippen molar-refractivity contribution in [3.63, 3.8) is 0 Å². The van der Waals surface area contributed by atoms with E-state index >= 15 is 0 Å². The average Bonchev–Trinajstić information content (AvgIpc) is 3.06. The normalized spacial score (nSPS) is 23.1. The molecule has 5 heteroatoms. The highest BCUT2D eigenvalue weighted by molar-refractivity contribution is 5.92. The molecule has 0 spiro atoms. The molecule has 1 aromatic heterocycles. The molecule has 1 fully saturated rings. The molecule has 1 aromatic carbocycles. The third kappa shape index (κ3) is 3.47. The van der Waals surface area contributed by atoms with E-state index in [4.69, 9.17) is 0 Å². The number of amides is 1. The number of imidazole rings is 1. The second kappa shape index (κ2) is 7.00.